The van der Waals surface area contributed by atoms with Crippen LogP contribution in [-0.4, -0.2) is 22.3 Å². The number of aryl methyl sites for hydroxylation is 1. The molecule has 0 aliphatic heterocycles. The lowest BCUT2D eigenvalue weighted by atomic mass is 9.87. The van der Waals surface area contributed by atoms with Crippen molar-refractivity contribution in [2.45, 2.75) is 20.3 Å². The Hall–Kier alpha value is -4.03. The average molecular weight is 468 g/mol. The third-order valence-electron chi connectivity index (χ3n) is 5.65. The number of nitrogens with one attached hydrogen (secondary N) is 1. The predicted octanol–water partition coefficient (Wildman–Crippen LogP) is 6.65. The highest BCUT2D eigenvalue weighted by Crippen LogP contribution is 2.37. The molecule has 0 aliphatic carbocycles. The van der Waals surface area contributed by atoms with E-state index in [1.807, 2.05) is 49.4 Å². The maximum absolute atomic E-state index is 10.9. The molecule has 1 heterocycles. The molecule has 0 saturated carbocycles. The van der Waals surface area contributed by atoms with Crippen molar-refractivity contribution in [3.8, 4) is 0 Å². The van der Waals surface area contributed by atoms with Gasteiger partial charge in [-0.2, -0.15) is 0 Å². The summed E-state index contributed by atoms with van der Waals surface area (Å²) >= 11 is 1.68. The van der Waals surface area contributed by atoms with Gasteiger partial charge in [0.25, 0.3) is 0 Å². The lowest BCUT2D eigenvalue weighted by molar-refractivity contribution is -0.131. The fourth-order valence-electron chi connectivity index (χ4n) is 4.05. The number of anilines is 1. The maximum atomic E-state index is 10.9. The van der Waals surface area contributed by atoms with Gasteiger partial charge in [-0.05, 0) is 77.1 Å². The number of hydrogen-bond donors (Lipinski definition) is 3. The largest absolute Gasteiger partial charge is 0.478 e. The molecule has 6 heteroatoms. The fourth-order valence-corrected chi connectivity index (χ4v) is 4.86. The third kappa shape index (κ3) is 4.82. The number of rotatable bonds is 7. The molecule has 4 aromatic rings. The van der Waals surface area contributed by atoms with Crippen molar-refractivity contribution in [3.63, 3.8) is 0 Å². The molecule has 0 aliphatic rings. The number of carboxylic acids is 1. The van der Waals surface area contributed by atoms with Crippen LogP contribution in [0.5, 0.6) is 0 Å². The van der Waals surface area contributed by atoms with E-state index in [9.17, 15) is 4.79 Å². The van der Waals surface area contributed by atoms with Gasteiger partial charge in [0.2, 0.25) is 0 Å². The molecular weight excluding hydrogens is 442 g/mol. The zero-order chi connectivity index (χ0) is 24.2. The Morgan fingerprint density at radius 1 is 1.06 bits per heavy atom. The number of carbonyl (C=O) groups is 1. The van der Waals surface area contributed by atoms with Crippen molar-refractivity contribution in [1.82, 2.24) is 4.98 Å². The molecule has 0 amide bonds. The summed E-state index contributed by atoms with van der Waals surface area (Å²) in [5, 5.41) is 17.7. The zero-order valence-electron chi connectivity index (χ0n) is 19.0. The van der Waals surface area contributed by atoms with Crippen LogP contribution < -0.4 is 5.73 Å². The zero-order valence-corrected chi connectivity index (χ0v) is 19.8. The van der Waals surface area contributed by atoms with Crippen LogP contribution in [0.25, 0.3) is 27.4 Å². The monoisotopic (exact) mass is 467 g/mol. The Bertz CT molecular complexity index is 1450. The molecule has 0 saturated heterocycles. The molecular formula is C28H25N3O2S. The van der Waals surface area contributed by atoms with Gasteiger partial charge in [-0.1, -0.05) is 43.3 Å². The molecule has 0 fully saturated rings. The SMILES string of the molecule is CC/C(=C(/c1ccc(/C=C/C(=O)O)cc1)c1ccc(N)c(C=N)c1)c1ccc2sc(C)nc2c1. The van der Waals surface area contributed by atoms with Crippen molar-refractivity contribution >= 4 is 56.6 Å². The summed E-state index contributed by atoms with van der Waals surface area (Å²) in [6.45, 7) is 4.14. The van der Waals surface area contributed by atoms with Crippen LogP contribution in [0, 0.1) is 12.3 Å². The van der Waals surface area contributed by atoms with Gasteiger partial charge in [0.1, 0.15) is 0 Å². The minimum Gasteiger partial charge on any atom is -0.478 e. The van der Waals surface area contributed by atoms with Crippen LogP contribution in [0.15, 0.2) is 66.7 Å². The Morgan fingerprint density at radius 2 is 1.76 bits per heavy atom. The van der Waals surface area contributed by atoms with Crippen LogP contribution in [0.3, 0.4) is 0 Å². The lowest BCUT2D eigenvalue weighted by Gasteiger charge is -2.17. The van der Waals surface area contributed by atoms with E-state index in [0.717, 1.165) is 61.1 Å². The molecule has 0 bridgehead atoms. The second kappa shape index (κ2) is 9.85. The number of fused-ring (bicyclic) bond motifs is 1. The van der Waals surface area contributed by atoms with E-state index in [4.69, 9.17) is 16.2 Å². The van der Waals surface area contributed by atoms with E-state index >= 15 is 0 Å². The van der Waals surface area contributed by atoms with Crippen LogP contribution in [0.4, 0.5) is 5.69 Å². The predicted molar refractivity (Wildman–Crippen MR) is 142 cm³/mol. The average Bonchev–Trinajstić information content (AvgIpc) is 3.21. The van der Waals surface area contributed by atoms with Gasteiger partial charge in [-0.3, -0.25) is 0 Å². The molecule has 5 nitrogen and oxygen atoms in total. The smallest absolute Gasteiger partial charge is 0.328 e. The molecule has 170 valence electrons. The van der Waals surface area contributed by atoms with E-state index < -0.39 is 5.97 Å². The molecule has 0 spiro atoms. The fraction of sp³-hybridized carbons (Fsp3) is 0.107. The van der Waals surface area contributed by atoms with Crippen LogP contribution in [-0.2, 0) is 4.79 Å². The molecule has 34 heavy (non-hydrogen) atoms. The van der Waals surface area contributed by atoms with E-state index in [1.165, 1.54) is 6.21 Å². The Kier molecular flexibility index (Phi) is 6.70. The van der Waals surface area contributed by atoms with Crippen molar-refractivity contribution in [3.05, 3.63) is 99.6 Å². The molecule has 1 aromatic heterocycles. The Balaban J connectivity index is 1.94. The summed E-state index contributed by atoms with van der Waals surface area (Å²) in [6.07, 6.45) is 4.76. The highest BCUT2D eigenvalue weighted by atomic mass is 32.1. The van der Waals surface area contributed by atoms with Crippen molar-refractivity contribution in [2.75, 3.05) is 5.73 Å². The van der Waals surface area contributed by atoms with E-state index in [0.29, 0.717) is 11.3 Å². The number of benzene rings is 3. The summed E-state index contributed by atoms with van der Waals surface area (Å²) in [5.74, 6) is -0.980. The van der Waals surface area contributed by atoms with Gasteiger partial charge in [0.15, 0.2) is 0 Å². The van der Waals surface area contributed by atoms with Gasteiger partial charge < -0.3 is 16.2 Å². The van der Waals surface area contributed by atoms with E-state index in [1.54, 1.807) is 17.4 Å². The van der Waals surface area contributed by atoms with Crippen LogP contribution in [0.2, 0.25) is 0 Å². The number of nitrogens with two attached hydrogens (primary N) is 1. The van der Waals surface area contributed by atoms with Gasteiger partial charge in [0, 0.05) is 23.5 Å². The summed E-state index contributed by atoms with van der Waals surface area (Å²) in [5.41, 5.74) is 14.3. The molecule has 0 radical (unpaired) electrons. The molecule has 0 atom stereocenters. The molecule has 4 N–H and O–H groups in total. The maximum Gasteiger partial charge on any atom is 0.328 e. The van der Waals surface area contributed by atoms with Gasteiger partial charge >= 0.3 is 5.97 Å². The third-order valence-corrected chi connectivity index (χ3v) is 6.60. The number of nitrogens with zero attached hydrogens (tertiary/aromatic N) is 1. The molecule has 3 aromatic carbocycles. The second-order valence-corrected chi connectivity index (χ2v) is 9.14. The quantitative estimate of drug-likeness (QED) is 0.123. The van der Waals surface area contributed by atoms with E-state index in [2.05, 4.69) is 30.1 Å². The van der Waals surface area contributed by atoms with Gasteiger partial charge in [-0.15, -0.1) is 11.3 Å². The Labute approximate surface area is 202 Å². The van der Waals surface area contributed by atoms with Gasteiger partial charge in [-0.25, -0.2) is 9.78 Å². The first-order valence-electron chi connectivity index (χ1n) is 10.9. The summed E-state index contributed by atoms with van der Waals surface area (Å²) < 4.78 is 1.16. The molecule has 4 rings (SSSR count). The highest BCUT2D eigenvalue weighted by molar-refractivity contribution is 7.18. The van der Waals surface area contributed by atoms with Gasteiger partial charge in [0.05, 0.1) is 15.2 Å². The number of allylic oxidation sites excluding steroid dienone is 1. The topological polar surface area (TPSA) is 100 Å². The lowest BCUT2D eigenvalue weighted by Crippen LogP contribution is -1.99. The summed E-state index contributed by atoms with van der Waals surface area (Å²) in [4.78, 5) is 15.5. The first-order valence-corrected chi connectivity index (χ1v) is 11.7. The summed E-state index contributed by atoms with van der Waals surface area (Å²) in [6, 6.07) is 20.0. The Morgan fingerprint density at radius 3 is 2.44 bits per heavy atom. The van der Waals surface area contributed by atoms with Crippen LogP contribution >= 0.6 is 11.3 Å². The number of nitrogen functional groups attached to an aromatic ring is 1. The number of aromatic nitrogens is 1. The van der Waals surface area contributed by atoms with Crippen LogP contribution in [0.1, 0.15) is 46.2 Å². The second-order valence-electron chi connectivity index (χ2n) is 7.90. The normalized spacial score (nSPS) is 12.2. The van der Waals surface area contributed by atoms with Crippen molar-refractivity contribution < 1.29 is 9.90 Å². The number of thiazole rings is 1. The highest BCUT2D eigenvalue weighted by Gasteiger charge is 2.15. The first-order chi connectivity index (χ1) is 16.4. The number of carboxylic acid groups (broad SMARTS) is 1. The van der Waals surface area contributed by atoms with Crippen molar-refractivity contribution in [2.24, 2.45) is 0 Å². The summed E-state index contributed by atoms with van der Waals surface area (Å²) in [7, 11) is 0. The first kappa shape index (κ1) is 23.1. The molecule has 0 unspecified atom stereocenters. The number of aliphatic carboxylic acids is 1. The minimum absolute atomic E-state index is 0.560. The number of hydrogen-bond acceptors (Lipinski definition) is 5. The van der Waals surface area contributed by atoms with E-state index in [-0.39, 0.29) is 0 Å². The standard InChI is InChI=1S/C28H25N3O2S/c1-3-23(20-10-12-26-25(15-20)31-17(2)34-26)28(21-9-11-24(30)22(14-21)16-29)19-7-4-18(5-8-19)6-13-27(32)33/h4-16,29H,3,30H2,1-2H3,(H,32,33)/b13-6+,28-23+,29-16?. The minimum atomic E-state index is -0.980. The van der Waals surface area contributed by atoms with Crippen molar-refractivity contribution in [1.29, 1.82) is 5.41 Å².